The van der Waals surface area contributed by atoms with E-state index in [1.54, 1.807) is 6.33 Å². The molecule has 3 heteroatoms. The third-order valence-corrected chi connectivity index (χ3v) is 2.78. The zero-order chi connectivity index (χ0) is 11.2. The third-order valence-electron chi connectivity index (χ3n) is 2.78. The van der Waals surface area contributed by atoms with Crippen LogP contribution < -0.4 is 4.74 Å². The molecule has 1 aromatic heterocycles. The number of hydrogen-bond acceptors (Lipinski definition) is 3. The Morgan fingerprint density at radius 1 is 1.38 bits per heavy atom. The lowest BCUT2D eigenvalue weighted by molar-refractivity contribution is 0.349. The molecule has 16 heavy (non-hydrogen) atoms. The molecule has 0 spiro atoms. The lowest BCUT2D eigenvalue weighted by Gasteiger charge is -2.24. The van der Waals surface area contributed by atoms with Gasteiger partial charge in [-0.1, -0.05) is 19.3 Å². The minimum atomic E-state index is 0.412. The van der Waals surface area contributed by atoms with Crippen LogP contribution in [0, 0.1) is 11.8 Å². The number of nitrogens with zero attached hydrogens (tertiary/aromatic N) is 2. The highest BCUT2D eigenvalue weighted by Crippen LogP contribution is 2.35. The average molecular weight is 216 g/mol. The summed E-state index contributed by atoms with van der Waals surface area (Å²) in [4.78, 5) is 8.36. The van der Waals surface area contributed by atoms with Crippen molar-refractivity contribution in [3.63, 3.8) is 0 Å². The second-order valence-electron chi connectivity index (χ2n) is 3.90. The Labute approximate surface area is 96.3 Å². The highest BCUT2D eigenvalue weighted by Gasteiger charge is 2.21. The van der Waals surface area contributed by atoms with Crippen LogP contribution in [-0.4, -0.2) is 16.6 Å². The zero-order valence-corrected chi connectivity index (χ0v) is 9.57. The van der Waals surface area contributed by atoms with E-state index in [0.717, 1.165) is 12.1 Å². The fraction of sp³-hybridized carbons (Fsp3) is 0.538. The van der Waals surface area contributed by atoms with Crippen molar-refractivity contribution in [2.45, 2.75) is 38.5 Å². The topological polar surface area (TPSA) is 35.0 Å². The number of aromatic nitrogens is 2. The second kappa shape index (κ2) is 5.50. The molecular weight excluding hydrogens is 200 g/mol. The van der Waals surface area contributed by atoms with E-state index in [1.807, 2.05) is 13.0 Å². The van der Waals surface area contributed by atoms with Crippen molar-refractivity contribution in [3.8, 4) is 17.7 Å². The largest absolute Gasteiger partial charge is 0.464 e. The third kappa shape index (κ3) is 2.73. The van der Waals surface area contributed by atoms with Gasteiger partial charge in [0, 0.05) is 18.4 Å². The molecule has 1 aliphatic carbocycles. The molecule has 0 radical (unpaired) electrons. The smallest absolute Gasteiger partial charge is 0.217 e. The summed E-state index contributed by atoms with van der Waals surface area (Å²) in [6.45, 7) is 2.43. The van der Waals surface area contributed by atoms with Crippen LogP contribution in [-0.2, 0) is 0 Å². The molecule has 1 fully saturated rings. The molecular formula is C13H16N2O. The van der Waals surface area contributed by atoms with Crippen LogP contribution in [0.3, 0.4) is 0 Å². The maximum Gasteiger partial charge on any atom is 0.217 e. The van der Waals surface area contributed by atoms with E-state index in [4.69, 9.17) is 4.74 Å². The minimum Gasteiger partial charge on any atom is -0.464 e. The lowest BCUT2D eigenvalue weighted by Crippen LogP contribution is -2.11. The predicted molar refractivity (Wildman–Crippen MR) is 62.2 cm³/mol. The molecule has 0 bridgehead atoms. The minimum absolute atomic E-state index is 0.412. The van der Waals surface area contributed by atoms with Crippen molar-refractivity contribution in [1.29, 1.82) is 0 Å². The molecule has 2 rings (SSSR count). The van der Waals surface area contributed by atoms with E-state index in [1.165, 1.54) is 19.3 Å². The van der Waals surface area contributed by atoms with Crippen LogP contribution in [0.25, 0.3) is 0 Å². The Morgan fingerprint density at radius 2 is 2.25 bits per heavy atom. The molecule has 0 aliphatic heterocycles. The molecule has 84 valence electrons. The van der Waals surface area contributed by atoms with Gasteiger partial charge in [-0.2, -0.15) is 0 Å². The van der Waals surface area contributed by atoms with Gasteiger partial charge in [0.25, 0.3) is 0 Å². The van der Waals surface area contributed by atoms with Crippen molar-refractivity contribution >= 4 is 0 Å². The highest BCUT2D eigenvalue weighted by molar-refractivity contribution is 5.19. The zero-order valence-electron chi connectivity index (χ0n) is 9.57. The van der Waals surface area contributed by atoms with Gasteiger partial charge in [-0.15, -0.1) is 5.92 Å². The van der Waals surface area contributed by atoms with Crippen LogP contribution in [0.2, 0.25) is 0 Å². The van der Waals surface area contributed by atoms with Gasteiger partial charge in [0.15, 0.2) is 6.61 Å². The molecule has 0 atom stereocenters. The molecule has 1 aliphatic rings. The molecule has 1 heterocycles. The van der Waals surface area contributed by atoms with E-state index in [-0.39, 0.29) is 0 Å². The van der Waals surface area contributed by atoms with Gasteiger partial charge in [0.2, 0.25) is 5.88 Å². The summed E-state index contributed by atoms with van der Waals surface area (Å²) < 4.78 is 5.44. The number of hydrogen-bond donors (Lipinski definition) is 0. The van der Waals surface area contributed by atoms with Crippen LogP contribution in [0.15, 0.2) is 12.4 Å². The summed E-state index contributed by atoms with van der Waals surface area (Å²) in [5, 5.41) is 0. The van der Waals surface area contributed by atoms with E-state index in [9.17, 15) is 0 Å². The normalized spacial score (nSPS) is 14.8. The molecule has 0 amide bonds. The maximum atomic E-state index is 5.44. The van der Waals surface area contributed by atoms with Gasteiger partial charge in [0.1, 0.15) is 6.33 Å². The van der Waals surface area contributed by atoms with Gasteiger partial charge in [-0.3, -0.25) is 0 Å². The molecule has 0 N–H and O–H groups in total. The van der Waals surface area contributed by atoms with Crippen LogP contribution in [0.5, 0.6) is 5.88 Å². The van der Waals surface area contributed by atoms with Crippen LogP contribution >= 0.6 is 0 Å². The van der Waals surface area contributed by atoms with E-state index in [0.29, 0.717) is 18.4 Å². The van der Waals surface area contributed by atoms with E-state index < -0.39 is 0 Å². The van der Waals surface area contributed by atoms with Crippen molar-refractivity contribution in [3.05, 3.63) is 18.1 Å². The van der Waals surface area contributed by atoms with Gasteiger partial charge >= 0.3 is 0 Å². The fourth-order valence-corrected chi connectivity index (χ4v) is 1.65. The highest BCUT2D eigenvalue weighted by atomic mass is 16.5. The molecule has 3 nitrogen and oxygen atoms in total. The Hall–Kier alpha value is -1.56. The Kier molecular flexibility index (Phi) is 3.76. The van der Waals surface area contributed by atoms with Crippen LogP contribution in [0.4, 0.5) is 0 Å². The number of rotatable bonds is 3. The summed E-state index contributed by atoms with van der Waals surface area (Å²) in [5.74, 6) is 7.15. The molecule has 0 aromatic carbocycles. The van der Waals surface area contributed by atoms with Crippen molar-refractivity contribution in [2.75, 3.05) is 6.61 Å². The Balaban J connectivity index is 1.93. The summed E-state index contributed by atoms with van der Waals surface area (Å²) >= 11 is 0. The van der Waals surface area contributed by atoms with Crippen LogP contribution in [0.1, 0.15) is 44.2 Å². The van der Waals surface area contributed by atoms with Gasteiger partial charge < -0.3 is 4.74 Å². The van der Waals surface area contributed by atoms with E-state index in [2.05, 4.69) is 21.8 Å². The summed E-state index contributed by atoms with van der Waals surface area (Å²) in [6, 6.07) is 1.94. The fourth-order valence-electron chi connectivity index (χ4n) is 1.65. The summed E-state index contributed by atoms with van der Waals surface area (Å²) in [7, 11) is 0. The molecule has 1 aromatic rings. The number of ether oxygens (including phenoxy) is 1. The Morgan fingerprint density at radius 3 is 2.94 bits per heavy atom. The summed E-state index contributed by atoms with van der Waals surface area (Å²) in [5.41, 5.74) is 1.11. The SMILES string of the molecule is CCC#CCOc1cc(C2CCC2)ncn1. The molecule has 0 unspecified atom stereocenters. The summed E-state index contributed by atoms with van der Waals surface area (Å²) in [6.07, 6.45) is 6.24. The first-order valence-corrected chi connectivity index (χ1v) is 5.80. The Bertz CT molecular complexity index is 402. The monoisotopic (exact) mass is 216 g/mol. The first-order chi connectivity index (χ1) is 7.90. The first-order valence-electron chi connectivity index (χ1n) is 5.80. The van der Waals surface area contributed by atoms with Gasteiger partial charge in [-0.05, 0) is 12.8 Å². The van der Waals surface area contributed by atoms with Gasteiger partial charge in [0.05, 0.1) is 5.69 Å². The molecule has 0 saturated heterocycles. The molecule has 1 saturated carbocycles. The van der Waals surface area contributed by atoms with Crippen molar-refractivity contribution < 1.29 is 4.74 Å². The van der Waals surface area contributed by atoms with Crippen molar-refractivity contribution in [1.82, 2.24) is 9.97 Å². The average Bonchev–Trinajstić information content (AvgIpc) is 2.23. The quantitative estimate of drug-likeness (QED) is 0.728. The second-order valence-corrected chi connectivity index (χ2v) is 3.90. The standard InChI is InChI=1S/C13H16N2O/c1-2-3-4-8-16-13-9-12(14-10-15-13)11-6-5-7-11/h9-11H,2,5-8H2,1H3. The lowest BCUT2D eigenvalue weighted by atomic mass is 9.83. The van der Waals surface area contributed by atoms with Gasteiger partial charge in [-0.25, -0.2) is 9.97 Å². The predicted octanol–water partition coefficient (Wildman–Crippen LogP) is 2.54. The maximum absolute atomic E-state index is 5.44. The first kappa shape index (κ1) is 10.9. The van der Waals surface area contributed by atoms with Crippen molar-refractivity contribution in [2.24, 2.45) is 0 Å². The van der Waals surface area contributed by atoms with E-state index >= 15 is 0 Å².